The van der Waals surface area contributed by atoms with Crippen LogP contribution in [0, 0.1) is 0 Å². The van der Waals surface area contributed by atoms with Gasteiger partial charge in [0.15, 0.2) is 6.04 Å². The van der Waals surface area contributed by atoms with Gasteiger partial charge in [-0.15, -0.1) is 0 Å². The minimum atomic E-state index is -1.08. The van der Waals surface area contributed by atoms with Crippen LogP contribution in [0.15, 0.2) is 30.3 Å². The number of carboxylic acids is 1. The van der Waals surface area contributed by atoms with Gasteiger partial charge < -0.3 is 15.7 Å². The molecule has 0 aliphatic rings. The molecule has 0 fully saturated rings. The minimum absolute atomic E-state index is 0.459. The minimum Gasteiger partial charge on any atom is -0.479 e. The highest BCUT2D eigenvalue weighted by atomic mass is 16.4. The zero-order valence-corrected chi connectivity index (χ0v) is 10.3. The number of amides is 2. The maximum atomic E-state index is 11.5. The predicted octanol–water partition coefficient (Wildman–Crippen LogP) is 1.91. The van der Waals surface area contributed by atoms with Crippen molar-refractivity contribution >= 4 is 12.0 Å². The highest BCUT2D eigenvalue weighted by molar-refractivity contribution is 5.83. The molecule has 1 aromatic rings. The first-order valence-corrected chi connectivity index (χ1v) is 5.97. The second kappa shape index (κ2) is 7.32. The quantitative estimate of drug-likeness (QED) is 0.675. The van der Waals surface area contributed by atoms with Gasteiger partial charge in [-0.25, -0.2) is 9.59 Å². The summed E-state index contributed by atoms with van der Waals surface area (Å²) < 4.78 is 0. The zero-order chi connectivity index (χ0) is 13.4. The molecule has 3 N–H and O–H groups in total. The summed E-state index contributed by atoms with van der Waals surface area (Å²) in [6.45, 7) is 2.56. The highest BCUT2D eigenvalue weighted by Gasteiger charge is 2.21. The Hall–Kier alpha value is -2.04. The summed E-state index contributed by atoms with van der Waals surface area (Å²) >= 11 is 0. The second-order valence-electron chi connectivity index (χ2n) is 3.94. The van der Waals surface area contributed by atoms with Crippen LogP contribution >= 0.6 is 0 Å². The lowest BCUT2D eigenvalue weighted by molar-refractivity contribution is -0.139. The average Bonchev–Trinajstić information content (AvgIpc) is 2.37. The van der Waals surface area contributed by atoms with Gasteiger partial charge in [-0.3, -0.25) is 0 Å². The molecule has 0 heterocycles. The molecule has 5 heteroatoms. The Labute approximate surface area is 106 Å². The summed E-state index contributed by atoms with van der Waals surface area (Å²) in [5, 5.41) is 14.2. The van der Waals surface area contributed by atoms with Gasteiger partial charge in [0.1, 0.15) is 0 Å². The molecule has 0 aliphatic carbocycles. The van der Waals surface area contributed by atoms with Crippen LogP contribution in [0.4, 0.5) is 4.79 Å². The lowest BCUT2D eigenvalue weighted by Gasteiger charge is -2.15. The van der Waals surface area contributed by atoms with Crippen molar-refractivity contribution in [3.05, 3.63) is 35.9 Å². The van der Waals surface area contributed by atoms with Crippen LogP contribution < -0.4 is 10.6 Å². The number of carbonyl (C=O) groups excluding carboxylic acids is 1. The molecule has 0 spiro atoms. The second-order valence-corrected chi connectivity index (χ2v) is 3.94. The van der Waals surface area contributed by atoms with E-state index in [4.69, 9.17) is 5.11 Å². The molecule has 2 amide bonds. The van der Waals surface area contributed by atoms with E-state index in [-0.39, 0.29) is 0 Å². The van der Waals surface area contributed by atoms with E-state index in [1.54, 1.807) is 30.3 Å². The molecular weight excluding hydrogens is 232 g/mol. The van der Waals surface area contributed by atoms with E-state index >= 15 is 0 Å². The molecule has 0 bridgehead atoms. The topological polar surface area (TPSA) is 78.4 Å². The largest absolute Gasteiger partial charge is 0.479 e. The number of hydrogen-bond donors (Lipinski definition) is 3. The molecule has 0 aliphatic heterocycles. The van der Waals surface area contributed by atoms with E-state index in [1.165, 1.54) is 0 Å². The predicted molar refractivity (Wildman–Crippen MR) is 68.3 cm³/mol. The van der Waals surface area contributed by atoms with E-state index in [0.717, 1.165) is 12.8 Å². The molecule has 1 atom stereocenters. The summed E-state index contributed by atoms with van der Waals surface area (Å²) in [6, 6.07) is 7.14. The number of carboxylic acid groups (broad SMARTS) is 1. The zero-order valence-electron chi connectivity index (χ0n) is 10.3. The van der Waals surface area contributed by atoms with Crippen LogP contribution in [-0.2, 0) is 4.79 Å². The van der Waals surface area contributed by atoms with E-state index in [9.17, 15) is 9.59 Å². The molecule has 5 nitrogen and oxygen atoms in total. The lowest BCUT2D eigenvalue weighted by atomic mass is 10.1. The summed E-state index contributed by atoms with van der Waals surface area (Å²) in [5.41, 5.74) is 0.552. The first-order valence-electron chi connectivity index (χ1n) is 5.97. The number of unbranched alkanes of at least 4 members (excludes halogenated alkanes) is 1. The molecule has 1 rings (SSSR count). The van der Waals surface area contributed by atoms with Crippen LogP contribution in [-0.4, -0.2) is 23.7 Å². The molecule has 98 valence electrons. The maximum Gasteiger partial charge on any atom is 0.330 e. The van der Waals surface area contributed by atoms with Crippen LogP contribution in [0.2, 0.25) is 0 Å². The lowest BCUT2D eigenvalue weighted by Crippen LogP contribution is -2.41. The molecule has 0 saturated heterocycles. The van der Waals surface area contributed by atoms with Gasteiger partial charge in [-0.1, -0.05) is 43.7 Å². The molecule has 1 aromatic carbocycles. The van der Waals surface area contributed by atoms with Crippen molar-refractivity contribution in [1.82, 2.24) is 10.6 Å². The maximum absolute atomic E-state index is 11.5. The fourth-order valence-electron chi connectivity index (χ4n) is 1.49. The van der Waals surface area contributed by atoms with Crippen molar-refractivity contribution in [3.63, 3.8) is 0 Å². The number of aliphatic carboxylic acids is 1. The van der Waals surface area contributed by atoms with Crippen molar-refractivity contribution < 1.29 is 14.7 Å². The monoisotopic (exact) mass is 250 g/mol. The Kier molecular flexibility index (Phi) is 5.70. The number of rotatable bonds is 6. The number of urea groups is 1. The van der Waals surface area contributed by atoms with E-state index < -0.39 is 18.0 Å². The highest BCUT2D eigenvalue weighted by Crippen LogP contribution is 2.12. The Bertz CT molecular complexity index is 392. The number of benzene rings is 1. The van der Waals surface area contributed by atoms with E-state index in [1.807, 2.05) is 6.92 Å². The van der Waals surface area contributed by atoms with E-state index in [2.05, 4.69) is 10.6 Å². The first-order chi connectivity index (χ1) is 8.65. The molecule has 0 unspecified atom stereocenters. The third kappa shape index (κ3) is 4.45. The summed E-state index contributed by atoms with van der Waals surface area (Å²) in [4.78, 5) is 22.6. The average molecular weight is 250 g/mol. The molecular formula is C13H18N2O3. The third-order valence-electron chi connectivity index (χ3n) is 2.47. The van der Waals surface area contributed by atoms with Crippen LogP contribution in [0.3, 0.4) is 0 Å². The molecule has 0 aromatic heterocycles. The van der Waals surface area contributed by atoms with Crippen molar-refractivity contribution in [2.24, 2.45) is 0 Å². The van der Waals surface area contributed by atoms with Gasteiger partial charge in [0.25, 0.3) is 0 Å². The third-order valence-corrected chi connectivity index (χ3v) is 2.47. The smallest absolute Gasteiger partial charge is 0.330 e. The van der Waals surface area contributed by atoms with Gasteiger partial charge >= 0.3 is 12.0 Å². The first kappa shape index (κ1) is 14.0. The molecule has 0 radical (unpaired) electrons. The standard InChI is InChI=1S/C13H18N2O3/c1-2-3-9-14-13(18)15-11(12(16)17)10-7-5-4-6-8-10/h4-8,11H,2-3,9H2,1H3,(H,16,17)(H2,14,15,18)/t11-/m1/s1. The van der Waals surface area contributed by atoms with Gasteiger partial charge in [0, 0.05) is 6.54 Å². The normalized spacial score (nSPS) is 11.6. The van der Waals surface area contributed by atoms with Gasteiger partial charge in [0.2, 0.25) is 0 Å². The van der Waals surface area contributed by atoms with Gasteiger partial charge in [-0.05, 0) is 12.0 Å². The summed E-state index contributed by atoms with van der Waals surface area (Å²) in [5.74, 6) is -1.08. The van der Waals surface area contributed by atoms with Gasteiger partial charge in [0.05, 0.1) is 0 Å². The molecule has 0 saturated carbocycles. The Balaban J connectivity index is 2.59. The van der Waals surface area contributed by atoms with Crippen molar-refractivity contribution in [2.75, 3.05) is 6.54 Å². The number of hydrogen-bond acceptors (Lipinski definition) is 2. The van der Waals surface area contributed by atoms with Crippen molar-refractivity contribution in [2.45, 2.75) is 25.8 Å². The fourth-order valence-corrected chi connectivity index (χ4v) is 1.49. The SMILES string of the molecule is CCCCNC(=O)N[C@@H](C(=O)O)c1ccccc1. The summed E-state index contributed by atoms with van der Waals surface area (Å²) in [7, 11) is 0. The fraction of sp³-hybridized carbons (Fsp3) is 0.385. The Morgan fingerprint density at radius 2 is 1.94 bits per heavy atom. The Morgan fingerprint density at radius 3 is 2.50 bits per heavy atom. The summed E-state index contributed by atoms with van der Waals surface area (Å²) in [6.07, 6.45) is 1.85. The molecule has 18 heavy (non-hydrogen) atoms. The van der Waals surface area contributed by atoms with Gasteiger partial charge in [-0.2, -0.15) is 0 Å². The van der Waals surface area contributed by atoms with Crippen LogP contribution in [0.5, 0.6) is 0 Å². The van der Waals surface area contributed by atoms with Crippen molar-refractivity contribution in [3.8, 4) is 0 Å². The van der Waals surface area contributed by atoms with E-state index in [0.29, 0.717) is 12.1 Å². The van der Waals surface area contributed by atoms with Crippen LogP contribution in [0.25, 0.3) is 0 Å². The van der Waals surface area contributed by atoms with Crippen molar-refractivity contribution in [1.29, 1.82) is 0 Å². The number of nitrogens with one attached hydrogen (secondary N) is 2. The Morgan fingerprint density at radius 1 is 1.28 bits per heavy atom. The van der Waals surface area contributed by atoms with Crippen LogP contribution in [0.1, 0.15) is 31.4 Å². The number of carbonyl (C=O) groups is 2.